The molecule has 3 N–H and O–H groups in total. The van der Waals surface area contributed by atoms with E-state index < -0.39 is 10.0 Å². The molecule has 1 saturated heterocycles. The minimum Gasteiger partial charge on any atom is -0.356 e. The highest BCUT2D eigenvalue weighted by Crippen LogP contribution is 2.28. The van der Waals surface area contributed by atoms with E-state index in [2.05, 4.69) is 5.32 Å². The lowest BCUT2D eigenvalue weighted by Gasteiger charge is -2.30. The van der Waals surface area contributed by atoms with Crippen molar-refractivity contribution in [2.45, 2.75) is 30.4 Å². The first-order valence-electron chi connectivity index (χ1n) is 7.49. The highest BCUT2D eigenvalue weighted by atomic mass is 32.2. The van der Waals surface area contributed by atoms with Crippen molar-refractivity contribution in [1.29, 1.82) is 0 Å². The zero-order chi connectivity index (χ0) is 16.2. The number of amides is 1. The van der Waals surface area contributed by atoms with Crippen LogP contribution in [0.1, 0.15) is 24.1 Å². The summed E-state index contributed by atoms with van der Waals surface area (Å²) >= 11 is 1.27. The number of aryl methyl sites for hydroxylation is 1. The van der Waals surface area contributed by atoms with Gasteiger partial charge in [-0.15, -0.1) is 11.3 Å². The Hall–Kier alpha value is -0.960. The minimum absolute atomic E-state index is 0.0734. The van der Waals surface area contributed by atoms with Gasteiger partial charge < -0.3 is 11.1 Å². The highest BCUT2D eigenvalue weighted by molar-refractivity contribution is 7.91. The largest absolute Gasteiger partial charge is 0.356 e. The Morgan fingerprint density at radius 1 is 1.50 bits per heavy atom. The summed E-state index contributed by atoms with van der Waals surface area (Å²) in [4.78, 5) is 13.1. The smallest absolute Gasteiger partial charge is 0.252 e. The monoisotopic (exact) mass is 345 g/mol. The van der Waals surface area contributed by atoms with Gasteiger partial charge in [-0.1, -0.05) is 0 Å². The van der Waals surface area contributed by atoms with Crippen molar-refractivity contribution in [3.63, 3.8) is 0 Å². The fourth-order valence-electron chi connectivity index (χ4n) is 2.51. The van der Waals surface area contributed by atoms with E-state index in [4.69, 9.17) is 5.73 Å². The summed E-state index contributed by atoms with van der Waals surface area (Å²) in [5, 5.41) is 2.83. The molecule has 22 heavy (non-hydrogen) atoms. The fourth-order valence-corrected chi connectivity index (χ4v) is 5.47. The highest BCUT2D eigenvalue weighted by Gasteiger charge is 2.33. The predicted octanol–water partition coefficient (Wildman–Crippen LogP) is 0.922. The van der Waals surface area contributed by atoms with Crippen LogP contribution >= 0.6 is 11.3 Å². The molecule has 1 aromatic rings. The molecule has 1 amide bonds. The maximum atomic E-state index is 12.6. The zero-order valence-electron chi connectivity index (χ0n) is 12.7. The number of nitrogens with two attached hydrogens (primary N) is 1. The minimum atomic E-state index is -3.48. The Morgan fingerprint density at radius 3 is 2.91 bits per heavy atom. The lowest BCUT2D eigenvalue weighted by molar-refractivity contribution is -0.126. The van der Waals surface area contributed by atoms with E-state index in [-0.39, 0.29) is 18.4 Å². The number of hydrogen-bond acceptors (Lipinski definition) is 5. The molecule has 2 heterocycles. The lowest BCUT2D eigenvalue weighted by Crippen LogP contribution is -2.45. The van der Waals surface area contributed by atoms with E-state index in [1.54, 1.807) is 12.1 Å². The molecule has 1 aromatic heterocycles. The number of carbonyl (C=O) groups excluding carboxylic acids is 1. The normalized spacial score (nSPS) is 20.0. The van der Waals surface area contributed by atoms with Crippen LogP contribution in [0.25, 0.3) is 0 Å². The number of thiophene rings is 1. The van der Waals surface area contributed by atoms with Gasteiger partial charge in [-0.2, -0.15) is 4.31 Å². The molecule has 0 spiro atoms. The topological polar surface area (TPSA) is 92.5 Å². The number of nitrogens with zero attached hydrogens (tertiary/aromatic N) is 1. The molecule has 2 rings (SSSR count). The van der Waals surface area contributed by atoms with E-state index in [0.717, 1.165) is 17.7 Å². The average Bonchev–Trinajstić information content (AvgIpc) is 2.95. The molecule has 0 radical (unpaired) electrons. The quantitative estimate of drug-likeness (QED) is 0.750. The first kappa shape index (κ1) is 17.4. The molecule has 1 aliphatic heterocycles. The molecule has 1 fully saturated rings. The van der Waals surface area contributed by atoms with Crippen molar-refractivity contribution >= 4 is 27.3 Å². The first-order valence-corrected chi connectivity index (χ1v) is 9.75. The second-order valence-electron chi connectivity index (χ2n) is 5.50. The van der Waals surface area contributed by atoms with Gasteiger partial charge in [-0.3, -0.25) is 4.79 Å². The molecule has 124 valence electrons. The number of rotatable bonds is 6. The first-order chi connectivity index (χ1) is 10.4. The third-order valence-corrected chi connectivity index (χ3v) is 7.08. The molecule has 0 bridgehead atoms. The van der Waals surface area contributed by atoms with Gasteiger partial charge in [0.05, 0.1) is 5.92 Å². The van der Waals surface area contributed by atoms with Gasteiger partial charge in [0.25, 0.3) is 10.0 Å². The van der Waals surface area contributed by atoms with Crippen LogP contribution in [0.4, 0.5) is 0 Å². The standard InChI is InChI=1S/C14H23N3O3S2/c1-11-5-6-13(21-11)22(19,20)17-9-2-4-12(10-17)14(18)16-8-3-7-15/h5-6,12H,2-4,7-10,15H2,1H3,(H,16,18). The Morgan fingerprint density at radius 2 is 2.27 bits per heavy atom. The molecule has 1 unspecified atom stereocenters. The maximum Gasteiger partial charge on any atom is 0.252 e. The molecule has 1 aliphatic rings. The number of carbonyl (C=O) groups is 1. The molecular weight excluding hydrogens is 322 g/mol. The van der Waals surface area contributed by atoms with Crippen LogP contribution in [0.3, 0.4) is 0 Å². The van der Waals surface area contributed by atoms with Gasteiger partial charge in [0.2, 0.25) is 5.91 Å². The van der Waals surface area contributed by atoms with E-state index in [0.29, 0.717) is 30.3 Å². The van der Waals surface area contributed by atoms with Crippen LogP contribution in [-0.2, 0) is 14.8 Å². The van der Waals surface area contributed by atoms with Crippen LogP contribution in [0.2, 0.25) is 0 Å². The van der Waals surface area contributed by atoms with Crippen LogP contribution in [0.15, 0.2) is 16.3 Å². The molecule has 0 saturated carbocycles. The second kappa shape index (κ2) is 7.54. The molecular formula is C14H23N3O3S2. The Bertz CT molecular complexity index is 613. The van der Waals surface area contributed by atoms with Crippen LogP contribution in [-0.4, -0.2) is 44.8 Å². The summed E-state index contributed by atoms with van der Waals surface area (Å²) in [5.41, 5.74) is 5.40. The summed E-state index contributed by atoms with van der Waals surface area (Å²) in [7, 11) is -3.48. The number of sulfonamides is 1. The molecule has 6 nitrogen and oxygen atoms in total. The second-order valence-corrected chi connectivity index (χ2v) is 8.95. The number of hydrogen-bond donors (Lipinski definition) is 2. The average molecular weight is 345 g/mol. The predicted molar refractivity (Wildman–Crippen MR) is 87.2 cm³/mol. The van der Waals surface area contributed by atoms with Crippen LogP contribution in [0.5, 0.6) is 0 Å². The van der Waals surface area contributed by atoms with Crippen molar-refractivity contribution in [2.24, 2.45) is 11.7 Å². The van der Waals surface area contributed by atoms with Gasteiger partial charge in [0.1, 0.15) is 4.21 Å². The zero-order valence-corrected chi connectivity index (χ0v) is 14.4. The van der Waals surface area contributed by atoms with E-state index >= 15 is 0 Å². The Kier molecular flexibility index (Phi) is 5.96. The fraction of sp³-hybridized carbons (Fsp3) is 0.643. The Balaban J connectivity index is 2.02. The summed E-state index contributed by atoms with van der Waals surface area (Å²) in [6, 6.07) is 3.44. The van der Waals surface area contributed by atoms with E-state index in [9.17, 15) is 13.2 Å². The molecule has 0 aliphatic carbocycles. The Labute approximate surface area is 135 Å². The summed E-state index contributed by atoms with van der Waals surface area (Å²) in [6.45, 7) is 3.69. The van der Waals surface area contributed by atoms with Crippen molar-refractivity contribution in [1.82, 2.24) is 9.62 Å². The van der Waals surface area contributed by atoms with Crippen molar-refractivity contribution in [2.75, 3.05) is 26.2 Å². The van der Waals surface area contributed by atoms with Gasteiger partial charge in [-0.25, -0.2) is 8.42 Å². The third kappa shape index (κ3) is 4.07. The molecule has 0 aromatic carbocycles. The van der Waals surface area contributed by atoms with Crippen LogP contribution in [0, 0.1) is 12.8 Å². The maximum absolute atomic E-state index is 12.6. The van der Waals surface area contributed by atoms with Crippen molar-refractivity contribution in [3.05, 3.63) is 17.0 Å². The SMILES string of the molecule is Cc1ccc(S(=O)(=O)N2CCCC(C(=O)NCCCN)C2)s1. The summed E-state index contributed by atoms with van der Waals surface area (Å²) in [5.74, 6) is -0.349. The third-order valence-electron chi connectivity index (χ3n) is 3.74. The van der Waals surface area contributed by atoms with Crippen molar-refractivity contribution < 1.29 is 13.2 Å². The molecule has 1 atom stereocenters. The van der Waals surface area contributed by atoms with Gasteiger partial charge >= 0.3 is 0 Å². The van der Waals surface area contributed by atoms with Gasteiger partial charge in [0, 0.05) is 24.5 Å². The van der Waals surface area contributed by atoms with Crippen LogP contribution < -0.4 is 11.1 Å². The molecule has 8 heteroatoms. The summed E-state index contributed by atoms with van der Waals surface area (Å²) in [6.07, 6.45) is 2.16. The van der Waals surface area contributed by atoms with Crippen molar-refractivity contribution in [3.8, 4) is 0 Å². The van der Waals surface area contributed by atoms with E-state index in [1.807, 2.05) is 6.92 Å². The number of nitrogens with one attached hydrogen (secondary N) is 1. The summed E-state index contributed by atoms with van der Waals surface area (Å²) < 4.78 is 27.0. The lowest BCUT2D eigenvalue weighted by atomic mass is 9.99. The number of piperidine rings is 1. The van der Waals surface area contributed by atoms with Gasteiger partial charge in [0.15, 0.2) is 0 Å². The van der Waals surface area contributed by atoms with E-state index in [1.165, 1.54) is 15.6 Å². The van der Waals surface area contributed by atoms with Gasteiger partial charge in [-0.05, 0) is 44.9 Å².